The Balaban J connectivity index is 1.62. The standard InChI is InChI=1S/C25H34O10/c26-13-21-22(31)23(32)24(33)25(35-21)34-16(8-5-15-7-10-18(28)20(30)12-15)4-2-1-3-14-6-9-17(27)19(29)11-14/h6-7,9-12,16,21-33H,1-5,8,13H2/t16?,21-,22-,23+,24-,25-/m1/s1. The number of aromatic hydroxyl groups is 4. The maximum Gasteiger partial charge on any atom is 0.186 e. The summed E-state index contributed by atoms with van der Waals surface area (Å²) in [5.74, 6) is -0.806. The molecule has 6 atom stereocenters. The molecule has 10 nitrogen and oxygen atoms in total. The maximum absolute atomic E-state index is 10.3. The summed E-state index contributed by atoms with van der Waals surface area (Å²) in [5.41, 5.74) is 1.63. The average Bonchev–Trinajstić information content (AvgIpc) is 2.84. The summed E-state index contributed by atoms with van der Waals surface area (Å²) in [6.07, 6.45) is -3.64. The number of aryl methyl sites for hydroxylation is 2. The number of aliphatic hydroxyl groups excluding tert-OH is 4. The molecule has 0 amide bonds. The zero-order valence-electron chi connectivity index (χ0n) is 19.3. The number of phenols is 4. The molecule has 1 heterocycles. The second-order valence-corrected chi connectivity index (χ2v) is 8.89. The Kier molecular flexibility index (Phi) is 9.55. The van der Waals surface area contributed by atoms with Gasteiger partial charge in [0.05, 0.1) is 12.7 Å². The van der Waals surface area contributed by atoms with E-state index in [9.17, 15) is 40.9 Å². The highest BCUT2D eigenvalue weighted by atomic mass is 16.7. The third-order valence-corrected chi connectivity index (χ3v) is 6.25. The van der Waals surface area contributed by atoms with Crippen molar-refractivity contribution >= 4 is 0 Å². The number of aliphatic hydroxyl groups is 4. The summed E-state index contributed by atoms with van der Waals surface area (Å²) in [6, 6.07) is 9.20. The minimum absolute atomic E-state index is 0.177. The van der Waals surface area contributed by atoms with Gasteiger partial charge in [-0.25, -0.2) is 0 Å². The van der Waals surface area contributed by atoms with Crippen molar-refractivity contribution < 1.29 is 50.3 Å². The number of hydrogen-bond acceptors (Lipinski definition) is 10. The highest BCUT2D eigenvalue weighted by Gasteiger charge is 2.44. The van der Waals surface area contributed by atoms with Crippen LogP contribution in [-0.2, 0) is 22.3 Å². The molecule has 0 aromatic heterocycles. The van der Waals surface area contributed by atoms with E-state index in [1.165, 1.54) is 24.3 Å². The van der Waals surface area contributed by atoms with E-state index in [4.69, 9.17) is 9.47 Å². The van der Waals surface area contributed by atoms with Crippen molar-refractivity contribution in [3.8, 4) is 23.0 Å². The van der Waals surface area contributed by atoms with Crippen LogP contribution in [0.5, 0.6) is 23.0 Å². The van der Waals surface area contributed by atoms with Gasteiger partial charge in [0.2, 0.25) is 0 Å². The van der Waals surface area contributed by atoms with Crippen LogP contribution in [0, 0.1) is 0 Å². The highest BCUT2D eigenvalue weighted by molar-refractivity contribution is 5.41. The van der Waals surface area contributed by atoms with Crippen LogP contribution in [0.1, 0.15) is 36.8 Å². The summed E-state index contributed by atoms with van der Waals surface area (Å²) in [4.78, 5) is 0. The largest absolute Gasteiger partial charge is 0.504 e. The molecule has 1 saturated heterocycles. The first-order valence-corrected chi connectivity index (χ1v) is 11.7. The lowest BCUT2D eigenvalue weighted by atomic mass is 9.98. The number of rotatable bonds is 11. The van der Waals surface area contributed by atoms with Crippen molar-refractivity contribution in [2.24, 2.45) is 0 Å². The average molecular weight is 495 g/mol. The summed E-state index contributed by atoms with van der Waals surface area (Å²) < 4.78 is 11.5. The monoisotopic (exact) mass is 494 g/mol. The second-order valence-electron chi connectivity index (χ2n) is 8.89. The van der Waals surface area contributed by atoms with Crippen molar-refractivity contribution in [1.29, 1.82) is 0 Å². The molecule has 1 aliphatic heterocycles. The fourth-order valence-corrected chi connectivity index (χ4v) is 4.13. The molecule has 194 valence electrons. The quantitative estimate of drug-likeness (QED) is 0.166. The molecule has 35 heavy (non-hydrogen) atoms. The first kappa shape index (κ1) is 27.0. The van der Waals surface area contributed by atoms with Gasteiger partial charge >= 0.3 is 0 Å². The predicted molar refractivity (Wildman–Crippen MR) is 124 cm³/mol. The molecule has 10 heteroatoms. The molecule has 0 bridgehead atoms. The molecule has 0 saturated carbocycles. The second kappa shape index (κ2) is 12.4. The summed E-state index contributed by atoms with van der Waals surface area (Å²) >= 11 is 0. The molecule has 0 radical (unpaired) electrons. The van der Waals surface area contributed by atoms with Crippen LogP contribution in [0.15, 0.2) is 36.4 Å². The fraction of sp³-hybridized carbons (Fsp3) is 0.520. The molecular weight excluding hydrogens is 460 g/mol. The van der Waals surface area contributed by atoms with Crippen LogP contribution in [0.4, 0.5) is 0 Å². The number of ether oxygens (including phenoxy) is 2. The van der Waals surface area contributed by atoms with Crippen molar-refractivity contribution in [1.82, 2.24) is 0 Å². The maximum atomic E-state index is 10.3. The van der Waals surface area contributed by atoms with Gasteiger partial charge in [-0.1, -0.05) is 18.6 Å². The Morgan fingerprint density at radius 1 is 0.714 bits per heavy atom. The van der Waals surface area contributed by atoms with E-state index in [2.05, 4.69) is 0 Å². The van der Waals surface area contributed by atoms with Crippen molar-refractivity contribution in [3.05, 3.63) is 47.5 Å². The lowest BCUT2D eigenvalue weighted by Gasteiger charge is -2.41. The third kappa shape index (κ3) is 7.20. The minimum Gasteiger partial charge on any atom is -0.504 e. The van der Waals surface area contributed by atoms with Crippen molar-refractivity contribution in [2.75, 3.05) is 6.61 Å². The van der Waals surface area contributed by atoms with Crippen LogP contribution >= 0.6 is 0 Å². The summed E-state index contributed by atoms with van der Waals surface area (Å²) in [7, 11) is 0. The molecule has 0 spiro atoms. The van der Waals surface area contributed by atoms with Gasteiger partial charge in [-0.15, -0.1) is 0 Å². The van der Waals surface area contributed by atoms with Gasteiger partial charge < -0.3 is 50.3 Å². The molecule has 3 rings (SSSR count). The lowest BCUT2D eigenvalue weighted by molar-refractivity contribution is -0.312. The van der Waals surface area contributed by atoms with E-state index in [0.29, 0.717) is 32.1 Å². The van der Waals surface area contributed by atoms with Gasteiger partial charge in [0.15, 0.2) is 29.3 Å². The minimum atomic E-state index is -1.54. The molecular formula is C25H34O10. The van der Waals surface area contributed by atoms with Crippen molar-refractivity contribution in [2.45, 2.75) is 75.3 Å². The van der Waals surface area contributed by atoms with E-state index >= 15 is 0 Å². The van der Waals surface area contributed by atoms with Gasteiger partial charge in [0.25, 0.3) is 0 Å². The predicted octanol–water partition coefficient (Wildman–Crippen LogP) is 1.04. The van der Waals surface area contributed by atoms with Crippen molar-refractivity contribution in [3.63, 3.8) is 0 Å². The molecule has 2 aromatic carbocycles. The summed E-state index contributed by atoms with van der Waals surface area (Å²) in [6.45, 7) is -0.554. The van der Waals surface area contributed by atoms with Gasteiger partial charge in [-0.3, -0.25) is 0 Å². The van der Waals surface area contributed by atoms with Gasteiger partial charge in [0.1, 0.15) is 24.4 Å². The number of phenolic OH excluding ortho intramolecular Hbond substituents is 4. The van der Waals surface area contributed by atoms with Crippen LogP contribution in [-0.4, -0.2) is 84.3 Å². The number of benzene rings is 2. The van der Waals surface area contributed by atoms with E-state index in [-0.39, 0.29) is 23.0 Å². The molecule has 8 N–H and O–H groups in total. The van der Waals surface area contributed by atoms with Crippen LogP contribution in [0.2, 0.25) is 0 Å². The zero-order valence-corrected chi connectivity index (χ0v) is 19.3. The molecule has 1 fully saturated rings. The number of hydrogen-bond donors (Lipinski definition) is 8. The first-order chi connectivity index (χ1) is 16.7. The summed E-state index contributed by atoms with van der Waals surface area (Å²) in [5, 5.41) is 78.2. The topological polar surface area (TPSA) is 180 Å². The van der Waals surface area contributed by atoms with E-state index in [0.717, 1.165) is 17.5 Å². The smallest absolute Gasteiger partial charge is 0.186 e. The third-order valence-electron chi connectivity index (χ3n) is 6.25. The first-order valence-electron chi connectivity index (χ1n) is 11.7. The van der Waals surface area contributed by atoms with Crippen LogP contribution in [0.25, 0.3) is 0 Å². The Bertz CT molecular complexity index is 950. The zero-order chi connectivity index (χ0) is 25.5. The van der Waals surface area contributed by atoms with E-state index < -0.39 is 43.4 Å². The molecule has 1 aliphatic rings. The van der Waals surface area contributed by atoms with E-state index in [1.807, 2.05) is 0 Å². The Morgan fingerprint density at radius 3 is 1.89 bits per heavy atom. The molecule has 1 unspecified atom stereocenters. The molecule has 0 aliphatic carbocycles. The fourth-order valence-electron chi connectivity index (χ4n) is 4.13. The lowest BCUT2D eigenvalue weighted by Crippen LogP contribution is -2.59. The van der Waals surface area contributed by atoms with Crippen LogP contribution in [0.3, 0.4) is 0 Å². The van der Waals surface area contributed by atoms with Gasteiger partial charge in [-0.2, -0.15) is 0 Å². The molecule has 2 aromatic rings. The highest BCUT2D eigenvalue weighted by Crippen LogP contribution is 2.29. The number of unbranched alkanes of at least 4 members (excludes halogenated alkanes) is 1. The van der Waals surface area contributed by atoms with E-state index in [1.54, 1.807) is 12.1 Å². The Hall–Kier alpha value is -2.60. The SMILES string of the molecule is OC[C@H]1O[C@@H](OC(CCCCc2ccc(O)c(O)c2)CCc2ccc(O)c(O)c2)[C@H](O)[C@@H](O)[C@@H]1O. The normalized spacial score (nSPS) is 25.4. The Labute approximate surface area is 203 Å². The van der Waals surface area contributed by atoms with Crippen LogP contribution < -0.4 is 0 Å². The Morgan fingerprint density at radius 2 is 1.31 bits per heavy atom. The van der Waals surface area contributed by atoms with Gasteiger partial charge in [0, 0.05) is 0 Å². The van der Waals surface area contributed by atoms with Gasteiger partial charge in [-0.05, 0) is 67.5 Å².